The van der Waals surface area contributed by atoms with Crippen molar-refractivity contribution in [3.05, 3.63) is 35.9 Å². The number of carboxylic acids is 1. The van der Waals surface area contributed by atoms with Crippen LogP contribution in [0.3, 0.4) is 0 Å². The van der Waals surface area contributed by atoms with Gasteiger partial charge in [0, 0.05) is 17.2 Å². The highest BCUT2D eigenvalue weighted by atomic mass is 16.5. The second-order valence-corrected chi connectivity index (χ2v) is 4.56. The lowest BCUT2D eigenvalue weighted by atomic mass is 10.0. The lowest BCUT2D eigenvalue weighted by Gasteiger charge is -2.13. The van der Waals surface area contributed by atoms with Crippen LogP contribution in [0.2, 0.25) is 0 Å². The van der Waals surface area contributed by atoms with Crippen LogP contribution in [-0.4, -0.2) is 25.3 Å². The zero-order valence-electron chi connectivity index (χ0n) is 11.7. The number of aliphatic carboxylic acids is 1. The van der Waals surface area contributed by atoms with Gasteiger partial charge < -0.3 is 14.6 Å². The Kier molecular flexibility index (Phi) is 4.45. The van der Waals surface area contributed by atoms with E-state index in [0.29, 0.717) is 12.8 Å². The van der Waals surface area contributed by atoms with Crippen LogP contribution >= 0.6 is 0 Å². The van der Waals surface area contributed by atoms with Gasteiger partial charge in [-0.15, -0.1) is 0 Å². The average molecular weight is 274 g/mol. The number of hydrogen-bond donors (Lipinski definition) is 1. The molecule has 0 radical (unpaired) electrons. The largest absolute Gasteiger partial charge is 0.496 e. The third-order valence-electron chi connectivity index (χ3n) is 3.31. The molecule has 2 aromatic rings. The van der Waals surface area contributed by atoms with E-state index < -0.39 is 5.97 Å². The van der Waals surface area contributed by atoms with E-state index >= 15 is 0 Å². The topological polar surface area (TPSA) is 55.8 Å². The van der Waals surface area contributed by atoms with Crippen molar-refractivity contribution in [1.29, 1.82) is 0 Å². The Morgan fingerprint density at radius 2 is 1.90 bits per heavy atom. The van der Waals surface area contributed by atoms with Gasteiger partial charge in [-0.25, -0.2) is 0 Å². The Labute approximate surface area is 117 Å². The fourth-order valence-corrected chi connectivity index (χ4v) is 2.39. The molecule has 0 aliphatic carbocycles. The Balaban J connectivity index is 2.39. The molecule has 1 N–H and O–H groups in total. The Morgan fingerprint density at radius 3 is 2.55 bits per heavy atom. The summed E-state index contributed by atoms with van der Waals surface area (Å²) in [5.74, 6) is 0.830. The molecular weight excluding hydrogens is 256 g/mol. The van der Waals surface area contributed by atoms with Crippen LogP contribution in [0.15, 0.2) is 30.3 Å². The molecule has 0 atom stereocenters. The van der Waals surface area contributed by atoms with E-state index in [-0.39, 0.29) is 6.42 Å². The summed E-state index contributed by atoms with van der Waals surface area (Å²) in [5.41, 5.74) is 1.02. The van der Waals surface area contributed by atoms with Crippen molar-refractivity contribution >= 4 is 16.7 Å². The van der Waals surface area contributed by atoms with Crippen molar-refractivity contribution in [3.63, 3.8) is 0 Å². The molecule has 4 heteroatoms. The van der Waals surface area contributed by atoms with Gasteiger partial charge in [0.05, 0.1) is 14.2 Å². The number of rotatable bonds is 6. The molecule has 0 unspecified atom stereocenters. The summed E-state index contributed by atoms with van der Waals surface area (Å²) >= 11 is 0. The molecule has 20 heavy (non-hydrogen) atoms. The van der Waals surface area contributed by atoms with Gasteiger partial charge in [0.15, 0.2) is 0 Å². The van der Waals surface area contributed by atoms with E-state index in [0.717, 1.165) is 27.8 Å². The van der Waals surface area contributed by atoms with Crippen LogP contribution in [0.5, 0.6) is 11.5 Å². The van der Waals surface area contributed by atoms with Crippen LogP contribution in [0.1, 0.15) is 18.4 Å². The summed E-state index contributed by atoms with van der Waals surface area (Å²) in [5, 5.41) is 10.7. The van der Waals surface area contributed by atoms with Crippen LogP contribution in [-0.2, 0) is 11.2 Å². The first-order chi connectivity index (χ1) is 9.67. The summed E-state index contributed by atoms with van der Waals surface area (Å²) < 4.78 is 10.9. The smallest absolute Gasteiger partial charge is 0.303 e. The normalized spacial score (nSPS) is 10.5. The highest BCUT2D eigenvalue weighted by Gasteiger charge is 2.11. The third-order valence-corrected chi connectivity index (χ3v) is 3.31. The van der Waals surface area contributed by atoms with Gasteiger partial charge in [-0.1, -0.05) is 24.3 Å². The molecule has 0 heterocycles. The van der Waals surface area contributed by atoms with E-state index in [9.17, 15) is 4.79 Å². The van der Waals surface area contributed by atoms with E-state index in [1.165, 1.54) is 0 Å². The van der Waals surface area contributed by atoms with Crippen molar-refractivity contribution < 1.29 is 19.4 Å². The van der Waals surface area contributed by atoms with Crippen molar-refractivity contribution in [1.82, 2.24) is 0 Å². The standard InChI is InChI=1S/C16H18O4/c1-19-14-7-4-6-13-12(14)10-9-11(16(13)20-2)5-3-8-15(17)18/h4,6-7,9-10H,3,5,8H2,1-2H3,(H,17,18). The molecule has 0 bridgehead atoms. The first-order valence-corrected chi connectivity index (χ1v) is 6.51. The lowest BCUT2D eigenvalue weighted by molar-refractivity contribution is -0.137. The van der Waals surface area contributed by atoms with Crippen LogP contribution in [0, 0.1) is 0 Å². The predicted octanol–water partition coefficient (Wildman–Crippen LogP) is 3.26. The zero-order valence-corrected chi connectivity index (χ0v) is 11.7. The van der Waals surface area contributed by atoms with Gasteiger partial charge in [-0.05, 0) is 24.5 Å². The molecule has 0 aromatic heterocycles. The minimum atomic E-state index is -0.772. The second-order valence-electron chi connectivity index (χ2n) is 4.56. The van der Waals surface area contributed by atoms with E-state index in [2.05, 4.69) is 0 Å². The van der Waals surface area contributed by atoms with Crippen molar-refractivity contribution in [3.8, 4) is 11.5 Å². The minimum Gasteiger partial charge on any atom is -0.496 e. The number of ether oxygens (including phenoxy) is 2. The summed E-state index contributed by atoms with van der Waals surface area (Å²) in [6, 6.07) is 9.78. The lowest BCUT2D eigenvalue weighted by Crippen LogP contribution is -1.98. The van der Waals surface area contributed by atoms with Gasteiger partial charge in [0.25, 0.3) is 0 Å². The molecule has 2 aromatic carbocycles. The Bertz CT molecular complexity index is 619. The quantitative estimate of drug-likeness (QED) is 0.878. The third kappa shape index (κ3) is 2.85. The molecule has 0 aliphatic heterocycles. The van der Waals surface area contributed by atoms with Crippen LogP contribution in [0.25, 0.3) is 10.8 Å². The van der Waals surface area contributed by atoms with Gasteiger partial charge >= 0.3 is 5.97 Å². The van der Waals surface area contributed by atoms with Crippen molar-refractivity contribution in [2.75, 3.05) is 14.2 Å². The predicted molar refractivity (Wildman–Crippen MR) is 77.6 cm³/mol. The second kappa shape index (κ2) is 6.28. The fourth-order valence-electron chi connectivity index (χ4n) is 2.39. The molecule has 0 saturated carbocycles. The van der Waals surface area contributed by atoms with Crippen molar-refractivity contribution in [2.45, 2.75) is 19.3 Å². The van der Waals surface area contributed by atoms with E-state index in [1.54, 1.807) is 14.2 Å². The summed E-state index contributed by atoms with van der Waals surface area (Å²) in [6.07, 6.45) is 1.45. The van der Waals surface area contributed by atoms with Crippen LogP contribution < -0.4 is 9.47 Å². The molecule has 2 rings (SSSR count). The average Bonchev–Trinajstić information content (AvgIpc) is 2.45. The highest BCUT2D eigenvalue weighted by molar-refractivity contribution is 5.94. The monoisotopic (exact) mass is 274 g/mol. The molecular formula is C16H18O4. The Morgan fingerprint density at radius 1 is 1.10 bits per heavy atom. The number of carbonyl (C=O) groups is 1. The number of benzene rings is 2. The zero-order chi connectivity index (χ0) is 14.5. The first-order valence-electron chi connectivity index (χ1n) is 6.51. The maximum absolute atomic E-state index is 10.6. The molecule has 0 aliphatic rings. The van der Waals surface area contributed by atoms with Gasteiger partial charge in [-0.3, -0.25) is 4.79 Å². The first kappa shape index (κ1) is 14.2. The maximum Gasteiger partial charge on any atom is 0.303 e. The van der Waals surface area contributed by atoms with Gasteiger partial charge in [-0.2, -0.15) is 0 Å². The SMILES string of the molecule is COc1cccc2c(OC)c(CCCC(=O)O)ccc12. The maximum atomic E-state index is 10.6. The summed E-state index contributed by atoms with van der Waals surface area (Å²) in [7, 11) is 3.27. The molecule has 0 fully saturated rings. The number of aryl methyl sites for hydroxylation is 1. The van der Waals surface area contributed by atoms with Crippen molar-refractivity contribution in [2.24, 2.45) is 0 Å². The minimum absolute atomic E-state index is 0.166. The Hall–Kier alpha value is -2.23. The molecule has 4 nitrogen and oxygen atoms in total. The van der Waals surface area contributed by atoms with E-state index in [4.69, 9.17) is 14.6 Å². The number of fused-ring (bicyclic) bond motifs is 1. The molecule has 0 saturated heterocycles. The number of methoxy groups -OCH3 is 2. The van der Waals surface area contributed by atoms with Gasteiger partial charge in [0.2, 0.25) is 0 Å². The number of hydrogen-bond acceptors (Lipinski definition) is 3. The highest BCUT2D eigenvalue weighted by Crippen LogP contribution is 2.35. The number of carboxylic acid groups (broad SMARTS) is 1. The molecule has 0 amide bonds. The molecule has 0 spiro atoms. The fraction of sp³-hybridized carbons (Fsp3) is 0.312. The van der Waals surface area contributed by atoms with E-state index in [1.807, 2.05) is 30.3 Å². The summed E-state index contributed by atoms with van der Waals surface area (Å²) in [4.78, 5) is 10.6. The van der Waals surface area contributed by atoms with Crippen LogP contribution in [0.4, 0.5) is 0 Å². The molecule has 106 valence electrons. The summed E-state index contributed by atoms with van der Waals surface area (Å²) in [6.45, 7) is 0. The van der Waals surface area contributed by atoms with Gasteiger partial charge in [0.1, 0.15) is 11.5 Å².